The topological polar surface area (TPSA) is 17.8 Å². The Morgan fingerprint density at radius 1 is 1.46 bits per heavy atom. The first-order valence-corrected chi connectivity index (χ1v) is 5.81. The second-order valence-electron chi connectivity index (χ2n) is 4.02. The Morgan fingerprint density at radius 3 is 2.69 bits per heavy atom. The van der Waals surface area contributed by atoms with E-state index in [1.165, 1.54) is 5.82 Å². The molecule has 0 aliphatic heterocycles. The number of imidazole rings is 1. The minimum absolute atomic E-state index is 0.153. The first-order valence-electron chi connectivity index (χ1n) is 4.66. The summed E-state index contributed by atoms with van der Waals surface area (Å²) in [6.45, 7) is 8.79. The minimum atomic E-state index is 0.153. The Labute approximate surface area is 84.7 Å². The van der Waals surface area contributed by atoms with Gasteiger partial charge in [0.2, 0.25) is 0 Å². The standard InChI is InChI=1S/C10H18N2S/c1-5-13-8-9-11-6-7-12(9)10(2,3)4/h6-7H,5,8H2,1-4H3. The van der Waals surface area contributed by atoms with Gasteiger partial charge in [-0.3, -0.25) is 0 Å². The number of hydrogen-bond donors (Lipinski definition) is 0. The van der Waals surface area contributed by atoms with Gasteiger partial charge in [0.25, 0.3) is 0 Å². The van der Waals surface area contributed by atoms with Crippen LogP contribution in [-0.2, 0) is 11.3 Å². The SMILES string of the molecule is CCSCc1nccn1C(C)(C)C. The number of aromatic nitrogens is 2. The van der Waals surface area contributed by atoms with Crippen LogP contribution in [0.4, 0.5) is 0 Å². The second kappa shape index (κ2) is 4.18. The quantitative estimate of drug-likeness (QED) is 0.743. The summed E-state index contributed by atoms with van der Waals surface area (Å²) in [4.78, 5) is 4.36. The van der Waals surface area contributed by atoms with Crippen LogP contribution in [0.2, 0.25) is 0 Å². The average Bonchev–Trinajstić information content (AvgIpc) is 2.47. The van der Waals surface area contributed by atoms with Gasteiger partial charge < -0.3 is 4.57 Å². The molecule has 1 rings (SSSR count). The van der Waals surface area contributed by atoms with E-state index in [0.29, 0.717) is 0 Å². The zero-order chi connectivity index (χ0) is 9.90. The summed E-state index contributed by atoms with van der Waals surface area (Å²) >= 11 is 1.91. The Balaban J connectivity index is 2.77. The lowest BCUT2D eigenvalue weighted by atomic mass is 10.1. The smallest absolute Gasteiger partial charge is 0.119 e. The van der Waals surface area contributed by atoms with Crippen LogP contribution in [-0.4, -0.2) is 15.3 Å². The summed E-state index contributed by atoms with van der Waals surface area (Å²) in [6.07, 6.45) is 3.95. The van der Waals surface area contributed by atoms with Crippen molar-refractivity contribution in [1.29, 1.82) is 0 Å². The lowest BCUT2D eigenvalue weighted by Crippen LogP contribution is -2.23. The Kier molecular flexibility index (Phi) is 3.42. The molecule has 13 heavy (non-hydrogen) atoms. The highest BCUT2D eigenvalue weighted by Crippen LogP contribution is 2.19. The molecule has 0 N–H and O–H groups in total. The minimum Gasteiger partial charge on any atom is -0.329 e. The van der Waals surface area contributed by atoms with E-state index in [1.807, 2.05) is 18.0 Å². The summed E-state index contributed by atoms with van der Waals surface area (Å²) in [7, 11) is 0. The van der Waals surface area contributed by atoms with Crippen molar-refractivity contribution in [3.8, 4) is 0 Å². The van der Waals surface area contributed by atoms with Crippen molar-refractivity contribution in [2.45, 2.75) is 39.0 Å². The van der Waals surface area contributed by atoms with Crippen LogP contribution in [0.3, 0.4) is 0 Å². The molecule has 2 nitrogen and oxygen atoms in total. The summed E-state index contributed by atoms with van der Waals surface area (Å²) < 4.78 is 2.25. The van der Waals surface area contributed by atoms with Gasteiger partial charge in [0.05, 0.1) is 5.75 Å². The van der Waals surface area contributed by atoms with E-state index in [9.17, 15) is 0 Å². The highest BCUT2D eigenvalue weighted by atomic mass is 32.2. The van der Waals surface area contributed by atoms with Gasteiger partial charge in [-0.1, -0.05) is 6.92 Å². The average molecular weight is 198 g/mol. The van der Waals surface area contributed by atoms with E-state index < -0.39 is 0 Å². The van der Waals surface area contributed by atoms with Gasteiger partial charge in [0.1, 0.15) is 5.82 Å². The van der Waals surface area contributed by atoms with Crippen molar-refractivity contribution < 1.29 is 0 Å². The molecule has 74 valence electrons. The largest absolute Gasteiger partial charge is 0.329 e. The van der Waals surface area contributed by atoms with Crippen LogP contribution in [0.5, 0.6) is 0 Å². The predicted octanol–water partition coefficient (Wildman–Crippen LogP) is 2.89. The van der Waals surface area contributed by atoms with Gasteiger partial charge in [0, 0.05) is 17.9 Å². The molecule has 0 fully saturated rings. The monoisotopic (exact) mass is 198 g/mol. The van der Waals surface area contributed by atoms with Crippen LogP contribution in [0.25, 0.3) is 0 Å². The Hall–Kier alpha value is -0.440. The molecule has 0 aliphatic carbocycles. The maximum Gasteiger partial charge on any atom is 0.119 e. The molecule has 1 aromatic heterocycles. The fraction of sp³-hybridized carbons (Fsp3) is 0.700. The summed E-state index contributed by atoms with van der Waals surface area (Å²) in [5, 5.41) is 0. The zero-order valence-corrected chi connectivity index (χ0v) is 9.69. The summed E-state index contributed by atoms with van der Waals surface area (Å²) in [6, 6.07) is 0. The molecule has 0 saturated heterocycles. The van der Waals surface area contributed by atoms with E-state index in [-0.39, 0.29) is 5.54 Å². The Morgan fingerprint density at radius 2 is 2.15 bits per heavy atom. The highest BCUT2D eigenvalue weighted by molar-refractivity contribution is 7.98. The van der Waals surface area contributed by atoms with Gasteiger partial charge in [0.15, 0.2) is 0 Å². The number of nitrogens with zero attached hydrogens (tertiary/aromatic N) is 2. The number of hydrogen-bond acceptors (Lipinski definition) is 2. The highest BCUT2D eigenvalue weighted by Gasteiger charge is 2.15. The normalized spacial score (nSPS) is 12.0. The van der Waals surface area contributed by atoms with Crippen LogP contribution in [0, 0.1) is 0 Å². The summed E-state index contributed by atoms with van der Waals surface area (Å²) in [5.41, 5.74) is 0.153. The first-order chi connectivity index (χ1) is 6.05. The van der Waals surface area contributed by atoms with Crippen LogP contribution >= 0.6 is 11.8 Å². The molecule has 0 saturated carbocycles. The van der Waals surface area contributed by atoms with Gasteiger partial charge in [-0.15, -0.1) is 0 Å². The van der Waals surface area contributed by atoms with Crippen molar-refractivity contribution in [3.63, 3.8) is 0 Å². The third-order valence-electron chi connectivity index (χ3n) is 1.88. The number of thioether (sulfide) groups is 1. The molecule has 0 aromatic carbocycles. The van der Waals surface area contributed by atoms with E-state index >= 15 is 0 Å². The van der Waals surface area contributed by atoms with Gasteiger partial charge in [-0.2, -0.15) is 11.8 Å². The first kappa shape index (κ1) is 10.6. The van der Waals surface area contributed by atoms with Crippen molar-refractivity contribution in [3.05, 3.63) is 18.2 Å². The number of rotatable bonds is 3. The molecule has 0 unspecified atom stereocenters. The lowest BCUT2D eigenvalue weighted by Gasteiger charge is -2.23. The van der Waals surface area contributed by atoms with E-state index in [2.05, 4.69) is 43.4 Å². The van der Waals surface area contributed by atoms with Gasteiger partial charge in [-0.05, 0) is 26.5 Å². The molecule has 0 radical (unpaired) electrons. The van der Waals surface area contributed by atoms with E-state index in [1.54, 1.807) is 0 Å². The fourth-order valence-corrected chi connectivity index (χ4v) is 1.85. The third kappa shape index (κ3) is 2.76. The maximum atomic E-state index is 4.36. The molecular formula is C10H18N2S. The van der Waals surface area contributed by atoms with E-state index in [4.69, 9.17) is 0 Å². The van der Waals surface area contributed by atoms with E-state index in [0.717, 1.165) is 11.5 Å². The molecule has 1 heterocycles. The van der Waals surface area contributed by atoms with Crippen molar-refractivity contribution in [1.82, 2.24) is 9.55 Å². The second-order valence-corrected chi connectivity index (χ2v) is 5.30. The van der Waals surface area contributed by atoms with Crippen molar-refractivity contribution in [2.24, 2.45) is 0 Å². The van der Waals surface area contributed by atoms with Gasteiger partial charge >= 0.3 is 0 Å². The molecule has 0 amide bonds. The Bertz CT molecular complexity index is 260. The van der Waals surface area contributed by atoms with Gasteiger partial charge in [-0.25, -0.2) is 4.98 Å². The predicted molar refractivity (Wildman–Crippen MR) is 59.1 cm³/mol. The van der Waals surface area contributed by atoms with Crippen molar-refractivity contribution in [2.75, 3.05) is 5.75 Å². The molecule has 0 bridgehead atoms. The zero-order valence-electron chi connectivity index (χ0n) is 8.87. The lowest BCUT2D eigenvalue weighted by molar-refractivity contribution is 0.387. The molecule has 0 atom stereocenters. The maximum absolute atomic E-state index is 4.36. The van der Waals surface area contributed by atoms with Crippen LogP contribution < -0.4 is 0 Å². The van der Waals surface area contributed by atoms with Crippen LogP contribution in [0.15, 0.2) is 12.4 Å². The molecule has 0 aliphatic rings. The fourth-order valence-electron chi connectivity index (χ4n) is 1.25. The molecular weight excluding hydrogens is 180 g/mol. The summed E-state index contributed by atoms with van der Waals surface area (Å²) in [5.74, 6) is 3.34. The van der Waals surface area contributed by atoms with Crippen molar-refractivity contribution >= 4 is 11.8 Å². The van der Waals surface area contributed by atoms with Crippen LogP contribution in [0.1, 0.15) is 33.5 Å². The molecule has 3 heteroatoms. The molecule has 0 spiro atoms. The molecule has 1 aromatic rings. The third-order valence-corrected chi connectivity index (χ3v) is 2.75.